The van der Waals surface area contributed by atoms with Crippen molar-refractivity contribution in [1.29, 1.82) is 0 Å². The summed E-state index contributed by atoms with van der Waals surface area (Å²) in [5.41, 5.74) is 5.78. The fourth-order valence-corrected chi connectivity index (χ4v) is 2.50. The number of rotatable bonds is 5. The van der Waals surface area contributed by atoms with E-state index in [9.17, 15) is 4.79 Å². The molecule has 2 unspecified atom stereocenters. The van der Waals surface area contributed by atoms with Gasteiger partial charge in [-0.25, -0.2) is 0 Å². The molecular formula is C13H26N2O2. The summed E-state index contributed by atoms with van der Waals surface area (Å²) in [4.78, 5) is 13.8. The van der Waals surface area contributed by atoms with Gasteiger partial charge in [-0.1, -0.05) is 12.8 Å². The molecule has 0 aromatic carbocycles. The lowest BCUT2D eigenvalue weighted by Gasteiger charge is -2.37. The first-order valence-electron chi connectivity index (χ1n) is 6.63. The molecule has 0 aromatic heterocycles. The maximum absolute atomic E-state index is 12.0. The highest BCUT2D eigenvalue weighted by atomic mass is 16.5. The Kier molecular flexibility index (Phi) is 5.92. The van der Waals surface area contributed by atoms with Gasteiger partial charge in [0.05, 0.1) is 6.10 Å². The van der Waals surface area contributed by atoms with Crippen LogP contribution < -0.4 is 5.73 Å². The van der Waals surface area contributed by atoms with Gasteiger partial charge < -0.3 is 15.4 Å². The molecule has 1 amide bonds. The summed E-state index contributed by atoms with van der Waals surface area (Å²) >= 11 is 0. The van der Waals surface area contributed by atoms with E-state index in [-0.39, 0.29) is 18.6 Å². The topological polar surface area (TPSA) is 55.6 Å². The molecule has 0 aromatic rings. The van der Waals surface area contributed by atoms with Crippen LogP contribution in [0, 0.1) is 5.92 Å². The Morgan fingerprint density at radius 2 is 2.06 bits per heavy atom. The molecule has 0 bridgehead atoms. The Morgan fingerprint density at radius 3 is 2.65 bits per heavy atom. The van der Waals surface area contributed by atoms with Crippen LogP contribution >= 0.6 is 0 Å². The maximum Gasteiger partial charge on any atom is 0.248 e. The van der Waals surface area contributed by atoms with Crippen molar-refractivity contribution in [1.82, 2.24) is 4.90 Å². The van der Waals surface area contributed by atoms with E-state index >= 15 is 0 Å². The zero-order chi connectivity index (χ0) is 12.8. The molecule has 17 heavy (non-hydrogen) atoms. The molecule has 100 valence electrons. The molecule has 0 heterocycles. The molecule has 4 heteroatoms. The van der Waals surface area contributed by atoms with Gasteiger partial charge in [0.25, 0.3) is 0 Å². The van der Waals surface area contributed by atoms with Crippen molar-refractivity contribution in [2.45, 2.75) is 51.7 Å². The number of nitrogens with two attached hydrogens (primary N) is 1. The van der Waals surface area contributed by atoms with E-state index in [1.165, 1.54) is 12.8 Å². The third kappa shape index (κ3) is 4.28. The third-order valence-corrected chi connectivity index (χ3v) is 3.60. The first kappa shape index (κ1) is 14.5. The molecular weight excluding hydrogens is 216 g/mol. The second kappa shape index (κ2) is 6.97. The van der Waals surface area contributed by atoms with Gasteiger partial charge in [-0.15, -0.1) is 0 Å². The molecule has 0 aliphatic heterocycles. The van der Waals surface area contributed by atoms with Crippen molar-refractivity contribution in [3.8, 4) is 0 Å². The monoisotopic (exact) mass is 242 g/mol. The van der Waals surface area contributed by atoms with Gasteiger partial charge in [0.2, 0.25) is 5.91 Å². The Labute approximate surface area is 104 Å². The predicted molar refractivity (Wildman–Crippen MR) is 68.7 cm³/mol. The number of carbonyl (C=O) groups excluding carboxylic acids is 1. The van der Waals surface area contributed by atoms with Gasteiger partial charge in [0.15, 0.2) is 0 Å². The number of hydrogen-bond acceptors (Lipinski definition) is 3. The quantitative estimate of drug-likeness (QED) is 0.792. The molecule has 1 aliphatic rings. The molecule has 2 atom stereocenters. The number of ether oxygens (including phenoxy) is 1. The first-order valence-corrected chi connectivity index (χ1v) is 6.63. The van der Waals surface area contributed by atoms with Gasteiger partial charge in [-0.05, 0) is 39.2 Å². The number of likely N-dealkylation sites (N-methyl/N-ethyl adjacent to an activating group) is 1. The van der Waals surface area contributed by atoms with E-state index in [2.05, 4.69) is 0 Å². The average Bonchev–Trinajstić information content (AvgIpc) is 2.34. The van der Waals surface area contributed by atoms with Gasteiger partial charge in [-0.2, -0.15) is 0 Å². The molecule has 0 radical (unpaired) electrons. The van der Waals surface area contributed by atoms with E-state index in [0.717, 1.165) is 12.8 Å². The lowest BCUT2D eigenvalue weighted by atomic mass is 9.83. The fraction of sp³-hybridized carbons (Fsp3) is 0.923. The zero-order valence-corrected chi connectivity index (χ0v) is 11.3. The predicted octanol–water partition coefficient (Wildman–Crippen LogP) is 1.39. The van der Waals surface area contributed by atoms with Crippen molar-refractivity contribution in [2.75, 3.05) is 20.2 Å². The van der Waals surface area contributed by atoms with Crippen molar-refractivity contribution in [3.63, 3.8) is 0 Å². The normalized spacial score (nSPS) is 25.0. The van der Waals surface area contributed by atoms with Crippen LogP contribution in [0.25, 0.3) is 0 Å². The summed E-state index contributed by atoms with van der Waals surface area (Å²) in [6, 6.07) is 0.303. The Morgan fingerprint density at radius 1 is 1.41 bits per heavy atom. The molecule has 1 aliphatic carbocycles. The van der Waals surface area contributed by atoms with Crippen LogP contribution in [0.15, 0.2) is 0 Å². The lowest BCUT2D eigenvalue weighted by Crippen LogP contribution is -2.47. The van der Waals surface area contributed by atoms with Crippen LogP contribution in [-0.4, -0.2) is 43.2 Å². The summed E-state index contributed by atoms with van der Waals surface area (Å²) in [6.07, 6.45) is 4.76. The van der Waals surface area contributed by atoms with E-state index in [4.69, 9.17) is 10.5 Å². The summed E-state index contributed by atoms with van der Waals surface area (Å²) in [6.45, 7) is 4.74. The van der Waals surface area contributed by atoms with Crippen LogP contribution in [0.2, 0.25) is 0 Å². The highest BCUT2D eigenvalue weighted by Crippen LogP contribution is 2.27. The Balaban J connectivity index is 2.48. The number of hydrogen-bond donors (Lipinski definition) is 1. The largest absolute Gasteiger partial charge is 0.369 e. The highest BCUT2D eigenvalue weighted by Gasteiger charge is 2.29. The molecule has 1 rings (SSSR count). The van der Waals surface area contributed by atoms with Gasteiger partial charge >= 0.3 is 0 Å². The molecule has 1 saturated carbocycles. The van der Waals surface area contributed by atoms with E-state index < -0.39 is 0 Å². The zero-order valence-electron chi connectivity index (χ0n) is 11.3. The third-order valence-electron chi connectivity index (χ3n) is 3.60. The van der Waals surface area contributed by atoms with Crippen LogP contribution in [0.1, 0.15) is 39.5 Å². The second-order valence-corrected chi connectivity index (χ2v) is 5.21. The minimum absolute atomic E-state index is 0.0732. The lowest BCUT2D eigenvalue weighted by molar-refractivity contribution is -0.140. The summed E-state index contributed by atoms with van der Waals surface area (Å²) in [7, 11) is 1.88. The molecule has 0 saturated heterocycles. The number of nitrogens with zero attached hydrogens (tertiary/aromatic N) is 1. The number of carbonyl (C=O) groups is 1. The van der Waals surface area contributed by atoms with E-state index in [1.54, 1.807) is 0 Å². The van der Waals surface area contributed by atoms with Crippen molar-refractivity contribution in [3.05, 3.63) is 0 Å². The van der Waals surface area contributed by atoms with Crippen LogP contribution in [0.5, 0.6) is 0 Å². The van der Waals surface area contributed by atoms with Crippen molar-refractivity contribution in [2.24, 2.45) is 11.7 Å². The molecule has 0 spiro atoms. The highest BCUT2D eigenvalue weighted by molar-refractivity contribution is 5.77. The second-order valence-electron chi connectivity index (χ2n) is 5.21. The van der Waals surface area contributed by atoms with Gasteiger partial charge in [0, 0.05) is 13.1 Å². The maximum atomic E-state index is 12.0. The smallest absolute Gasteiger partial charge is 0.248 e. The van der Waals surface area contributed by atoms with Crippen LogP contribution in [-0.2, 0) is 9.53 Å². The molecule has 2 N–H and O–H groups in total. The van der Waals surface area contributed by atoms with Gasteiger partial charge in [0.1, 0.15) is 6.61 Å². The van der Waals surface area contributed by atoms with Crippen molar-refractivity contribution >= 4 is 5.91 Å². The standard InChI is InChI=1S/C13H26N2O2/c1-10(2)17-9-13(16)15(3)12-7-5-4-6-11(12)8-14/h10-12H,4-9,14H2,1-3H3. The van der Waals surface area contributed by atoms with Crippen LogP contribution in [0.3, 0.4) is 0 Å². The van der Waals surface area contributed by atoms with Crippen LogP contribution in [0.4, 0.5) is 0 Å². The Hall–Kier alpha value is -0.610. The average molecular weight is 242 g/mol. The minimum atomic E-state index is 0.0732. The molecule has 1 fully saturated rings. The first-order chi connectivity index (χ1) is 8.06. The minimum Gasteiger partial charge on any atom is -0.369 e. The summed E-state index contributed by atoms with van der Waals surface area (Å²) in [5, 5.41) is 0. The fourth-order valence-electron chi connectivity index (χ4n) is 2.50. The Bertz CT molecular complexity index is 244. The SMILES string of the molecule is CC(C)OCC(=O)N(C)C1CCCCC1CN. The summed E-state index contributed by atoms with van der Waals surface area (Å²) in [5.74, 6) is 0.529. The van der Waals surface area contributed by atoms with E-state index in [0.29, 0.717) is 18.5 Å². The number of amides is 1. The van der Waals surface area contributed by atoms with Gasteiger partial charge in [-0.3, -0.25) is 4.79 Å². The summed E-state index contributed by atoms with van der Waals surface area (Å²) < 4.78 is 5.36. The molecule has 4 nitrogen and oxygen atoms in total. The van der Waals surface area contributed by atoms with Crippen molar-refractivity contribution < 1.29 is 9.53 Å². The van der Waals surface area contributed by atoms with E-state index in [1.807, 2.05) is 25.8 Å².